The molecule has 0 radical (unpaired) electrons. The summed E-state index contributed by atoms with van der Waals surface area (Å²) >= 11 is 0. The van der Waals surface area contributed by atoms with Crippen molar-refractivity contribution in [3.63, 3.8) is 0 Å². The Morgan fingerprint density at radius 1 is 0.750 bits per heavy atom. The fourth-order valence-corrected chi connectivity index (χ4v) is 8.15. The zero-order valence-electron chi connectivity index (χ0n) is 22.6. The van der Waals surface area contributed by atoms with Gasteiger partial charge in [0.15, 0.2) is 5.82 Å². The molecule has 3 aromatic rings. The number of unbranched alkanes of at least 4 members (excludes halogenated alkanes) is 2. The molecule has 0 N–H and O–H groups in total. The molecule has 36 heavy (non-hydrogen) atoms. The van der Waals surface area contributed by atoms with Crippen LogP contribution >= 0.6 is 0 Å². The highest BCUT2D eigenvalue weighted by atomic mass is 28.3. The molecule has 1 aliphatic rings. The number of nitrogens with zero attached hydrogens (tertiary/aromatic N) is 2. The number of hydrogen-bond donors (Lipinski definition) is 0. The zero-order valence-corrected chi connectivity index (χ0v) is 23.6. The SMILES string of the molecule is CCCC[Si](C)(C)CCCCOc1ccc(-c2ncc(-c3ccc(C4CCCCC4)cc3)cn2)cc1. The number of aromatic nitrogens is 2. The molecule has 1 heterocycles. The molecule has 1 saturated carbocycles. The van der Waals surface area contributed by atoms with E-state index in [1.165, 1.54) is 74.6 Å². The molecule has 3 nitrogen and oxygen atoms in total. The molecule has 0 amide bonds. The molecule has 0 unspecified atom stereocenters. The molecule has 0 spiro atoms. The van der Waals surface area contributed by atoms with Gasteiger partial charge in [-0.15, -0.1) is 0 Å². The van der Waals surface area contributed by atoms with Gasteiger partial charge in [-0.3, -0.25) is 0 Å². The number of rotatable bonds is 12. The second kappa shape index (κ2) is 13.2. The summed E-state index contributed by atoms with van der Waals surface area (Å²) in [5, 5.41) is 0. The Morgan fingerprint density at radius 3 is 2.06 bits per heavy atom. The van der Waals surface area contributed by atoms with Gasteiger partial charge in [0.25, 0.3) is 0 Å². The van der Waals surface area contributed by atoms with E-state index in [1.807, 2.05) is 24.5 Å². The maximum Gasteiger partial charge on any atom is 0.159 e. The lowest BCUT2D eigenvalue weighted by molar-refractivity contribution is 0.309. The van der Waals surface area contributed by atoms with Crippen molar-refractivity contribution < 1.29 is 4.74 Å². The van der Waals surface area contributed by atoms with Crippen molar-refractivity contribution in [1.29, 1.82) is 0 Å². The molecule has 4 rings (SSSR count). The summed E-state index contributed by atoms with van der Waals surface area (Å²) in [5.74, 6) is 2.42. The van der Waals surface area contributed by atoms with Crippen LogP contribution in [0.3, 0.4) is 0 Å². The monoisotopic (exact) mass is 500 g/mol. The summed E-state index contributed by atoms with van der Waals surface area (Å²) in [5.41, 5.74) is 4.75. The Hall–Kier alpha value is -2.46. The highest BCUT2D eigenvalue weighted by molar-refractivity contribution is 6.77. The van der Waals surface area contributed by atoms with E-state index < -0.39 is 8.07 Å². The third-order valence-corrected chi connectivity index (χ3v) is 11.2. The largest absolute Gasteiger partial charge is 0.494 e. The number of hydrogen-bond acceptors (Lipinski definition) is 3. The molecular formula is C32H44N2OSi. The van der Waals surface area contributed by atoms with Gasteiger partial charge in [-0.2, -0.15) is 0 Å². The van der Waals surface area contributed by atoms with Gasteiger partial charge >= 0.3 is 0 Å². The van der Waals surface area contributed by atoms with Crippen LogP contribution in [-0.2, 0) is 0 Å². The Morgan fingerprint density at radius 2 is 1.39 bits per heavy atom. The molecule has 1 aliphatic carbocycles. The minimum absolute atomic E-state index is 0.739. The van der Waals surface area contributed by atoms with Crippen LogP contribution in [0.1, 0.15) is 76.2 Å². The fourth-order valence-electron chi connectivity index (χ4n) is 5.39. The summed E-state index contributed by atoms with van der Waals surface area (Å²) in [4.78, 5) is 9.30. The molecule has 0 saturated heterocycles. The van der Waals surface area contributed by atoms with Gasteiger partial charge in [-0.05, 0) is 60.6 Å². The predicted molar refractivity (Wildman–Crippen MR) is 155 cm³/mol. The lowest BCUT2D eigenvalue weighted by Gasteiger charge is -2.22. The molecule has 4 heteroatoms. The van der Waals surface area contributed by atoms with Gasteiger partial charge in [0.05, 0.1) is 6.61 Å². The van der Waals surface area contributed by atoms with Gasteiger partial charge in [0, 0.05) is 31.6 Å². The van der Waals surface area contributed by atoms with E-state index in [1.54, 1.807) is 0 Å². The van der Waals surface area contributed by atoms with Crippen LogP contribution in [0.25, 0.3) is 22.5 Å². The van der Waals surface area contributed by atoms with Crippen LogP contribution in [-0.4, -0.2) is 24.6 Å². The summed E-state index contributed by atoms with van der Waals surface area (Å²) in [7, 11) is -1.00. The van der Waals surface area contributed by atoms with Crippen LogP contribution in [0.15, 0.2) is 60.9 Å². The quantitative estimate of drug-likeness (QED) is 0.183. The van der Waals surface area contributed by atoms with Crippen molar-refractivity contribution in [2.24, 2.45) is 0 Å². The van der Waals surface area contributed by atoms with Gasteiger partial charge in [-0.1, -0.05) is 94.9 Å². The predicted octanol–water partition coefficient (Wildman–Crippen LogP) is 9.53. The number of benzene rings is 2. The van der Waals surface area contributed by atoms with Crippen LogP contribution in [0, 0.1) is 0 Å². The lowest BCUT2D eigenvalue weighted by Crippen LogP contribution is -2.24. The topological polar surface area (TPSA) is 35.0 Å². The van der Waals surface area contributed by atoms with Crippen molar-refractivity contribution >= 4 is 8.07 Å². The molecule has 0 atom stereocenters. The van der Waals surface area contributed by atoms with Crippen LogP contribution in [0.2, 0.25) is 25.2 Å². The third-order valence-electron chi connectivity index (χ3n) is 7.81. The minimum Gasteiger partial charge on any atom is -0.494 e. The Bertz CT molecular complexity index is 1040. The van der Waals surface area contributed by atoms with E-state index in [0.29, 0.717) is 0 Å². The third kappa shape index (κ3) is 7.77. The van der Waals surface area contributed by atoms with Gasteiger partial charge in [0.1, 0.15) is 5.75 Å². The van der Waals surface area contributed by atoms with Gasteiger partial charge in [0.2, 0.25) is 0 Å². The van der Waals surface area contributed by atoms with Crippen LogP contribution < -0.4 is 4.74 Å². The molecule has 0 aliphatic heterocycles. The maximum absolute atomic E-state index is 6.00. The van der Waals surface area contributed by atoms with E-state index >= 15 is 0 Å². The van der Waals surface area contributed by atoms with E-state index in [0.717, 1.165) is 41.6 Å². The summed E-state index contributed by atoms with van der Waals surface area (Å²) < 4.78 is 6.00. The van der Waals surface area contributed by atoms with E-state index in [-0.39, 0.29) is 0 Å². The molecular weight excluding hydrogens is 456 g/mol. The lowest BCUT2D eigenvalue weighted by atomic mass is 9.84. The van der Waals surface area contributed by atoms with Crippen molar-refractivity contribution in [2.75, 3.05) is 6.61 Å². The first kappa shape index (κ1) is 26.6. The fraction of sp³-hybridized carbons (Fsp3) is 0.500. The van der Waals surface area contributed by atoms with Crippen molar-refractivity contribution in [2.45, 2.75) is 95.8 Å². The standard InChI is InChI=1S/C32H44N2OSi/c1-4-5-22-36(2,3)23-10-9-21-35-31-19-17-29(18-20-31)32-33-24-30(25-34-32)28-15-13-27(14-16-28)26-11-7-6-8-12-26/h13-20,24-26H,4-12,21-23H2,1-3H3. The smallest absolute Gasteiger partial charge is 0.159 e. The molecule has 0 bridgehead atoms. The van der Waals surface area contributed by atoms with Gasteiger partial charge in [-0.25, -0.2) is 9.97 Å². The number of ether oxygens (including phenoxy) is 1. The first-order valence-corrected chi connectivity index (χ1v) is 17.6. The minimum atomic E-state index is -1.00. The van der Waals surface area contributed by atoms with E-state index in [2.05, 4.69) is 66.4 Å². The van der Waals surface area contributed by atoms with Crippen LogP contribution in [0.4, 0.5) is 0 Å². The Labute approximate surface area is 219 Å². The normalized spacial score (nSPS) is 14.6. The summed E-state index contributed by atoms with van der Waals surface area (Å²) in [6.07, 6.45) is 15.8. The second-order valence-corrected chi connectivity index (χ2v) is 16.7. The van der Waals surface area contributed by atoms with Gasteiger partial charge < -0.3 is 4.74 Å². The summed E-state index contributed by atoms with van der Waals surface area (Å²) in [6, 6.07) is 20.1. The maximum atomic E-state index is 6.00. The molecule has 1 aromatic heterocycles. The van der Waals surface area contributed by atoms with E-state index in [4.69, 9.17) is 4.74 Å². The first-order chi connectivity index (χ1) is 17.5. The van der Waals surface area contributed by atoms with Crippen LogP contribution in [0.5, 0.6) is 5.75 Å². The molecule has 192 valence electrons. The second-order valence-electron chi connectivity index (χ2n) is 11.4. The zero-order chi connectivity index (χ0) is 25.2. The highest BCUT2D eigenvalue weighted by Crippen LogP contribution is 2.33. The molecule has 1 fully saturated rings. The average Bonchev–Trinajstić information content (AvgIpc) is 2.93. The highest BCUT2D eigenvalue weighted by Gasteiger charge is 2.19. The Balaban J connectivity index is 1.25. The molecule has 2 aromatic carbocycles. The van der Waals surface area contributed by atoms with Crippen molar-refractivity contribution in [3.05, 3.63) is 66.5 Å². The Kier molecular flexibility index (Phi) is 9.74. The van der Waals surface area contributed by atoms with Crippen molar-refractivity contribution in [1.82, 2.24) is 9.97 Å². The first-order valence-electron chi connectivity index (χ1n) is 14.2. The summed E-state index contributed by atoms with van der Waals surface area (Å²) in [6.45, 7) is 8.15. The average molecular weight is 501 g/mol. The van der Waals surface area contributed by atoms with Crippen molar-refractivity contribution in [3.8, 4) is 28.3 Å². The van der Waals surface area contributed by atoms with E-state index in [9.17, 15) is 0 Å².